The molecule has 9 heteroatoms. The van der Waals surface area contributed by atoms with E-state index in [1.807, 2.05) is 54.6 Å². The van der Waals surface area contributed by atoms with Crippen molar-refractivity contribution in [3.05, 3.63) is 113 Å². The average Bonchev–Trinajstić information content (AvgIpc) is 3.76. The number of carbonyl (C=O) groups excluding carboxylic acids is 3. The molecule has 3 aromatic carbocycles. The summed E-state index contributed by atoms with van der Waals surface area (Å²) in [5.74, 6) is -2.03. The monoisotopic (exact) mass is 657 g/mol. The number of cyclic esters (lactones) is 1. The van der Waals surface area contributed by atoms with Gasteiger partial charge in [-0.25, -0.2) is 14.6 Å². The van der Waals surface area contributed by atoms with Crippen molar-refractivity contribution in [3.63, 3.8) is 0 Å². The highest BCUT2D eigenvalue weighted by molar-refractivity contribution is 5.98. The highest BCUT2D eigenvalue weighted by Gasteiger charge is 2.56. The van der Waals surface area contributed by atoms with Gasteiger partial charge in [0.15, 0.2) is 5.60 Å². The number of aliphatic hydroxyl groups is 1. The summed E-state index contributed by atoms with van der Waals surface area (Å²) in [4.78, 5) is 49.3. The van der Waals surface area contributed by atoms with E-state index in [-0.39, 0.29) is 30.9 Å². The van der Waals surface area contributed by atoms with Crippen LogP contribution in [-0.2, 0) is 32.1 Å². The van der Waals surface area contributed by atoms with Crippen LogP contribution in [0.3, 0.4) is 0 Å². The van der Waals surface area contributed by atoms with Crippen LogP contribution in [0.1, 0.15) is 67.1 Å². The Labute approximate surface area is 285 Å². The van der Waals surface area contributed by atoms with Gasteiger partial charge in [-0.15, -0.1) is 0 Å². The lowest BCUT2D eigenvalue weighted by atomic mass is 9.72. The Morgan fingerprint density at radius 2 is 1.76 bits per heavy atom. The normalized spacial score (nSPS) is 24.8. The van der Waals surface area contributed by atoms with Gasteiger partial charge in [-0.3, -0.25) is 9.69 Å². The molecule has 0 saturated carbocycles. The topological polar surface area (TPSA) is 109 Å². The second-order valence-corrected chi connectivity index (χ2v) is 13.5. The fourth-order valence-electron chi connectivity index (χ4n) is 8.41. The summed E-state index contributed by atoms with van der Waals surface area (Å²) in [6.07, 6.45) is 4.27. The quantitative estimate of drug-likeness (QED) is 0.203. The van der Waals surface area contributed by atoms with Crippen molar-refractivity contribution >= 4 is 34.4 Å². The summed E-state index contributed by atoms with van der Waals surface area (Å²) in [7, 11) is 0. The van der Waals surface area contributed by atoms with E-state index in [2.05, 4.69) is 36.1 Å². The summed E-state index contributed by atoms with van der Waals surface area (Å²) in [6.45, 7) is 4.86. The Hall–Kier alpha value is -4.86. The molecule has 1 N–H and O–H groups in total. The number of rotatable bonds is 7. The first-order valence-electron chi connectivity index (χ1n) is 17.3. The van der Waals surface area contributed by atoms with Crippen molar-refractivity contribution < 1.29 is 29.0 Å². The standard InChI is InChI=1S/C40H39N3O6/c1-3-27-28-20-26(49-38(45)33-16-11-19-42(33)36(24-12-7-5-8-13-24)25-14-9-6-10-15-25)17-18-32(28)41-35-29(27)22-43-34(35)21-31-30(37(43)44)23-48-39(46)40(31,47)4-2/h5-10,12-15,17-18,20-21,30-31,33,36,47H,3-4,11,16,19,22-23H2,1-2H3/t30?,31?,33?,40-/m0/s1. The lowest BCUT2D eigenvalue weighted by Crippen LogP contribution is -2.58. The Balaban J connectivity index is 1.11. The van der Waals surface area contributed by atoms with Gasteiger partial charge < -0.3 is 19.5 Å². The highest BCUT2D eigenvalue weighted by atomic mass is 16.6. The molecule has 1 aromatic heterocycles. The number of hydrogen-bond donors (Lipinski definition) is 1. The number of pyridine rings is 1. The molecule has 4 aliphatic heterocycles. The van der Waals surface area contributed by atoms with Crippen LogP contribution in [0.5, 0.6) is 5.75 Å². The number of esters is 2. The van der Waals surface area contributed by atoms with Crippen LogP contribution in [0, 0.1) is 11.8 Å². The van der Waals surface area contributed by atoms with E-state index in [0.717, 1.165) is 46.1 Å². The first-order valence-corrected chi connectivity index (χ1v) is 17.3. The van der Waals surface area contributed by atoms with E-state index < -0.39 is 29.4 Å². The molecule has 8 rings (SSSR count). The molecule has 5 heterocycles. The Morgan fingerprint density at radius 1 is 1.04 bits per heavy atom. The number of nitrogens with zero attached hydrogens (tertiary/aromatic N) is 3. The fourth-order valence-corrected chi connectivity index (χ4v) is 8.41. The SMILES string of the molecule is CCc1c2c(nc3ccc(OC(=O)C4CCCN4C(c4ccccc4)c4ccccc4)cc13)C1=CC3C(COC(=O)[C@]3(O)CC)C(=O)N1C2. The van der Waals surface area contributed by atoms with Gasteiger partial charge in [0, 0.05) is 23.4 Å². The minimum absolute atomic E-state index is 0.0537. The number of benzene rings is 3. The van der Waals surface area contributed by atoms with Crippen LogP contribution in [0.15, 0.2) is 84.9 Å². The maximum atomic E-state index is 13.9. The molecule has 4 aliphatic rings. The second kappa shape index (κ2) is 12.2. The van der Waals surface area contributed by atoms with E-state index in [9.17, 15) is 19.5 Å². The van der Waals surface area contributed by atoms with E-state index in [1.165, 1.54) is 0 Å². The molecule has 2 saturated heterocycles. The van der Waals surface area contributed by atoms with Gasteiger partial charge in [-0.2, -0.15) is 0 Å². The Morgan fingerprint density at radius 3 is 2.43 bits per heavy atom. The van der Waals surface area contributed by atoms with E-state index in [0.29, 0.717) is 36.5 Å². The number of amides is 1. The van der Waals surface area contributed by atoms with Gasteiger partial charge in [0.2, 0.25) is 5.91 Å². The zero-order chi connectivity index (χ0) is 33.9. The van der Waals surface area contributed by atoms with E-state index >= 15 is 0 Å². The van der Waals surface area contributed by atoms with Gasteiger partial charge in [-0.05, 0) is 60.6 Å². The molecule has 4 aromatic rings. The van der Waals surface area contributed by atoms with Gasteiger partial charge in [0.1, 0.15) is 18.4 Å². The molecule has 0 spiro atoms. The van der Waals surface area contributed by atoms with Crippen LogP contribution in [0.4, 0.5) is 0 Å². The van der Waals surface area contributed by atoms with Gasteiger partial charge >= 0.3 is 11.9 Å². The molecular formula is C40H39N3O6. The van der Waals surface area contributed by atoms with Crippen LogP contribution >= 0.6 is 0 Å². The summed E-state index contributed by atoms with van der Waals surface area (Å²) in [5, 5.41) is 12.2. The number of ether oxygens (including phenoxy) is 2. The number of carbonyl (C=O) groups is 3. The summed E-state index contributed by atoms with van der Waals surface area (Å²) >= 11 is 0. The van der Waals surface area contributed by atoms with Crippen molar-refractivity contribution in [3.8, 4) is 5.75 Å². The van der Waals surface area contributed by atoms with Gasteiger partial charge in [0.05, 0.1) is 35.4 Å². The molecule has 250 valence electrons. The largest absolute Gasteiger partial charge is 0.463 e. The number of aryl methyl sites for hydroxylation is 1. The maximum absolute atomic E-state index is 13.9. The number of fused-ring (bicyclic) bond motifs is 5. The zero-order valence-corrected chi connectivity index (χ0v) is 27.7. The third-order valence-corrected chi connectivity index (χ3v) is 10.9. The van der Waals surface area contributed by atoms with E-state index in [1.54, 1.807) is 17.9 Å². The van der Waals surface area contributed by atoms with Gasteiger partial charge in [-0.1, -0.05) is 80.6 Å². The molecular weight excluding hydrogens is 618 g/mol. The Bertz CT molecular complexity index is 1960. The molecule has 9 nitrogen and oxygen atoms in total. The van der Waals surface area contributed by atoms with Crippen molar-refractivity contribution in [2.24, 2.45) is 11.8 Å². The first kappa shape index (κ1) is 31.4. The van der Waals surface area contributed by atoms with Crippen molar-refractivity contribution in [2.75, 3.05) is 13.2 Å². The third-order valence-electron chi connectivity index (χ3n) is 10.9. The summed E-state index contributed by atoms with van der Waals surface area (Å²) in [5.41, 5.74) is 4.49. The smallest absolute Gasteiger partial charge is 0.338 e. The van der Waals surface area contributed by atoms with Crippen LogP contribution in [-0.4, -0.2) is 62.5 Å². The summed E-state index contributed by atoms with van der Waals surface area (Å²) < 4.78 is 11.4. The van der Waals surface area contributed by atoms with Crippen LogP contribution in [0.2, 0.25) is 0 Å². The lowest BCUT2D eigenvalue weighted by Gasteiger charge is -2.44. The second-order valence-electron chi connectivity index (χ2n) is 13.5. The molecule has 0 radical (unpaired) electrons. The molecule has 3 unspecified atom stereocenters. The van der Waals surface area contributed by atoms with Crippen LogP contribution < -0.4 is 4.74 Å². The number of aromatic nitrogens is 1. The average molecular weight is 658 g/mol. The van der Waals surface area contributed by atoms with Gasteiger partial charge in [0.25, 0.3) is 0 Å². The predicted molar refractivity (Wildman–Crippen MR) is 183 cm³/mol. The molecule has 2 fully saturated rings. The number of hydrogen-bond acceptors (Lipinski definition) is 8. The lowest BCUT2D eigenvalue weighted by molar-refractivity contribution is -0.190. The molecule has 1 amide bonds. The van der Waals surface area contributed by atoms with E-state index in [4.69, 9.17) is 14.5 Å². The molecule has 0 bridgehead atoms. The van der Waals surface area contributed by atoms with Crippen LogP contribution in [0.25, 0.3) is 16.6 Å². The van der Waals surface area contributed by atoms with Crippen molar-refractivity contribution in [2.45, 2.75) is 63.8 Å². The first-order chi connectivity index (χ1) is 23.8. The maximum Gasteiger partial charge on any atom is 0.338 e. The number of likely N-dealkylation sites (tertiary alicyclic amines) is 1. The van der Waals surface area contributed by atoms with Crippen molar-refractivity contribution in [1.29, 1.82) is 0 Å². The Kier molecular flexibility index (Phi) is 7.84. The summed E-state index contributed by atoms with van der Waals surface area (Å²) in [6, 6.07) is 25.6. The zero-order valence-electron chi connectivity index (χ0n) is 27.7. The fraction of sp³-hybridized carbons (Fsp3) is 0.350. The molecule has 0 aliphatic carbocycles. The molecule has 4 atom stereocenters. The minimum Gasteiger partial charge on any atom is -0.463 e. The minimum atomic E-state index is -1.76. The highest BCUT2D eigenvalue weighted by Crippen LogP contribution is 2.47. The predicted octanol–water partition coefficient (Wildman–Crippen LogP) is 5.58. The molecule has 49 heavy (non-hydrogen) atoms. The third kappa shape index (κ3) is 5.06. The van der Waals surface area contributed by atoms with Crippen molar-refractivity contribution in [1.82, 2.24) is 14.8 Å².